The molecule has 2 aromatic carbocycles. The predicted molar refractivity (Wildman–Crippen MR) is 98.8 cm³/mol. The van der Waals surface area contributed by atoms with Crippen molar-refractivity contribution in [1.82, 2.24) is 0 Å². The molecule has 0 saturated carbocycles. The van der Waals surface area contributed by atoms with Crippen LogP contribution in [0.3, 0.4) is 0 Å². The molecule has 3 N–H and O–H groups in total. The van der Waals surface area contributed by atoms with Crippen LogP contribution in [0.4, 0.5) is 5.69 Å². The molecule has 0 bridgehead atoms. The highest BCUT2D eigenvalue weighted by Crippen LogP contribution is 2.30. The van der Waals surface area contributed by atoms with Crippen LogP contribution in [0, 0.1) is 34.6 Å². The van der Waals surface area contributed by atoms with E-state index in [1.807, 2.05) is 20.8 Å². The maximum atomic E-state index is 12.9. The van der Waals surface area contributed by atoms with Gasteiger partial charge in [0, 0.05) is 5.69 Å². The second kappa shape index (κ2) is 6.44. The molecule has 0 heterocycles. The van der Waals surface area contributed by atoms with Crippen molar-refractivity contribution >= 4 is 25.7 Å². The summed E-state index contributed by atoms with van der Waals surface area (Å²) in [6.45, 7) is 9.34. The fraction of sp³-hybridized carbons (Fsp3) is 0.294. The van der Waals surface area contributed by atoms with Gasteiger partial charge in [0.1, 0.15) is 0 Å². The lowest BCUT2D eigenvalue weighted by Crippen LogP contribution is -2.18. The van der Waals surface area contributed by atoms with Gasteiger partial charge in [-0.3, -0.25) is 4.72 Å². The van der Waals surface area contributed by atoms with Crippen LogP contribution >= 0.6 is 0 Å². The quantitative estimate of drug-likeness (QED) is 0.848. The Labute approximate surface area is 149 Å². The first-order valence-electron chi connectivity index (χ1n) is 7.59. The molecule has 0 spiro atoms. The third kappa shape index (κ3) is 3.70. The van der Waals surface area contributed by atoms with E-state index >= 15 is 0 Å². The van der Waals surface area contributed by atoms with Crippen LogP contribution in [0.2, 0.25) is 0 Å². The molecule has 2 aromatic rings. The normalized spacial score (nSPS) is 12.2. The van der Waals surface area contributed by atoms with Crippen molar-refractivity contribution in [2.45, 2.75) is 44.4 Å². The fourth-order valence-electron chi connectivity index (χ4n) is 2.79. The molecule has 8 heteroatoms. The summed E-state index contributed by atoms with van der Waals surface area (Å²) >= 11 is 0. The lowest BCUT2D eigenvalue weighted by Gasteiger charge is -2.19. The SMILES string of the molecule is Cc1c(C)c(C)c(S(=O)(=O)Nc2ccc(S(N)(=O)=O)cc2)c(C)c1C. The molecular formula is C17H22N2O4S2. The van der Waals surface area contributed by atoms with Gasteiger partial charge in [0.25, 0.3) is 10.0 Å². The van der Waals surface area contributed by atoms with E-state index < -0.39 is 20.0 Å². The van der Waals surface area contributed by atoms with Crippen LogP contribution in [-0.4, -0.2) is 16.8 Å². The van der Waals surface area contributed by atoms with Crippen molar-refractivity contribution in [2.75, 3.05) is 4.72 Å². The second-order valence-corrected chi connectivity index (χ2v) is 9.31. The highest BCUT2D eigenvalue weighted by atomic mass is 32.2. The van der Waals surface area contributed by atoms with Gasteiger partial charge in [-0.05, 0) is 86.7 Å². The Bertz CT molecular complexity index is 1010. The van der Waals surface area contributed by atoms with Crippen LogP contribution in [-0.2, 0) is 20.0 Å². The topological polar surface area (TPSA) is 106 Å². The Kier molecular flexibility index (Phi) is 5.00. The molecule has 0 aromatic heterocycles. The standard InChI is InChI=1S/C17H22N2O4S2/c1-10-11(2)13(4)17(14(5)12(10)3)25(22,23)19-15-6-8-16(9-7-15)24(18,20)21/h6-9,19H,1-5H3,(H2,18,20,21). The second-order valence-electron chi connectivity index (χ2n) is 6.13. The Balaban J connectivity index is 2.51. The van der Waals surface area contributed by atoms with E-state index in [1.54, 1.807) is 13.8 Å². The Hall–Kier alpha value is -1.90. The van der Waals surface area contributed by atoms with Crippen LogP contribution in [0.5, 0.6) is 0 Å². The molecule has 2 rings (SSSR count). The first-order chi connectivity index (χ1) is 11.4. The smallest absolute Gasteiger partial charge is 0.262 e. The molecule has 0 radical (unpaired) electrons. The number of hydrogen-bond acceptors (Lipinski definition) is 4. The Morgan fingerprint density at radius 2 is 1.12 bits per heavy atom. The fourth-order valence-corrected chi connectivity index (χ4v) is 4.96. The van der Waals surface area contributed by atoms with E-state index in [9.17, 15) is 16.8 Å². The Morgan fingerprint density at radius 1 is 0.720 bits per heavy atom. The lowest BCUT2D eigenvalue weighted by atomic mass is 9.95. The van der Waals surface area contributed by atoms with E-state index in [2.05, 4.69) is 4.72 Å². The lowest BCUT2D eigenvalue weighted by molar-refractivity contribution is 0.597. The van der Waals surface area contributed by atoms with E-state index in [4.69, 9.17) is 5.14 Å². The van der Waals surface area contributed by atoms with Gasteiger partial charge in [0.05, 0.1) is 9.79 Å². The van der Waals surface area contributed by atoms with E-state index in [0.717, 1.165) is 16.7 Å². The number of nitrogens with one attached hydrogen (secondary N) is 1. The summed E-state index contributed by atoms with van der Waals surface area (Å²) in [6, 6.07) is 5.27. The zero-order valence-corrected chi connectivity index (χ0v) is 16.5. The largest absolute Gasteiger partial charge is 0.280 e. The van der Waals surface area contributed by atoms with Gasteiger partial charge in [-0.2, -0.15) is 0 Å². The molecular weight excluding hydrogens is 360 g/mol. The highest BCUT2D eigenvalue weighted by Gasteiger charge is 2.23. The number of sulfonamides is 2. The summed E-state index contributed by atoms with van der Waals surface area (Å²) in [5, 5.41) is 5.05. The van der Waals surface area contributed by atoms with Crippen molar-refractivity contribution in [3.05, 3.63) is 52.1 Å². The summed E-state index contributed by atoms with van der Waals surface area (Å²) in [6.07, 6.45) is 0. The number of hydrogen-bond donors (Lipinski definition) is 2. The average molecular weight is 383 g/mol. The Morgan fingerprint density at radius 3 is 1.52 bits per heavy atom. The number of benzene rings is 2. The summed E-state index contributed by atoms with van der Waals surface area (Å²) in [5.74, 6) is 0. The number of nitrogens with two attached hydrogens (primary N) is 1. The monoisotopic (exact) mass is 382 g/mol. The van der Waals surface area contributed by atoms with Crippen molar-refractivity contribution < 1.29 is 16.8 Å². The van der Waals surface area contributed by atoms with Gasteiger partial charge in [0.2, 0.25) is 10.0 Å². The molecule has 6 nitrogen and oxygen atoms in total. The van der Waals surface area contributed by atoms with E-state index in [0.29, 0.717) is 11.1 Å². The molecule has 0 unspecified atom stereocenters. The molecule has 25 heavy (non-hydrogen) atoms. The van der Waals surface area contributed by atoms with Gasteiger partial charge >= 0.3 is 0 Å². The van der Waals surface area contributed by atoms with Gasteiger partial charge in [-0.15, -0.1) is 0 Å². The number of primary sulfonamides is 1. The molecule has 0 saturated heterocycles. The van der Waals surface area contributed by atoms with Crippen LogP contribution in [0.1, 0.15) is 27.8 Å². The van der Waals surface area contributed by atoms with Crippen molar-refractivity contribution in [3.8, 4) is 0 Å². The van der Waals surface area contributed by atoms with E-state index in [-0.39, 0.29) is 15.5 Å². The third-order valence-corrected chi connectivity index (χ3v) is 7.22. The number of anilines is 1. The van der Waals surface area contributed by atoms with E-state index in [1.165, 1.54) is 24.3 Å². The van der Waals surface area contributed by atoms with Gasteiger partial charge in [-0.25, -0.2) is 22.0 Å². The summed E-state index contributed by atoms with van der Waals surface area (Å²) in [7, 11) is -7.64. The molecule has 0 aliphatic heterocycles. The minimum atomic E-state index is -3.82. The number of rotatable bonds is 4. The summed E-state index contributed by atoms with van der Waals surface area (Å²) < 4.78 is 50.9. The maximum Gasteiger partial charge on any atom is 0.262 e. The van der Waals surface area contributed by atoms with Gasteiger partial charge in [-0.1, -0.05) is 0 Å². The minimum absolute atomic E-state index is 0.0789. The van der Waals surface area contributed by atoms with Crippen molar-refractivity contribution in [3.63, 3.8) is 0 Å². The summed E-state index contributed by atoms with van der Waals surface area (Å²) in [5.41, 5.74) is 4.62. The first kappa shape index (κ1) is 19.4. The van der Waals surface area contributed by atoms with Gasteiger partial charge < -0.3 is 0 Å². The van der Waals surface area contributed by atoms with Crippen LogP contribution in [0.15, 0.2) is 34.1 Å². The molecule has 0 aliphatic carbocycles. The predicted octanol–water partition coefficient (Wildman–Crippen LogP) is 2.68. The highest BCUT2D eigenvalue weighted by molar-refractivity contribution is 7.92. The van der Waals surface area contributed by atoms with Crippen LogP contribution in [0.25, 0.3) is 0 Å². The molecule has 0 atom stereocenters. The minimum Gasteiger partial charge on any atom is -0.280 e. The van der Waals surface area contributed by atoms with Gasteiger partial charge in [0.15, 0.2) is 0 Å². The summed E-state index contributed by atoms with van der Waals surface area (Å²) in [4.78, 5) is 0.174. The first-order valence-corrected chi connectivity index (χ1v) is 10.6. The van der Waals surface area contributed by atoms with Crippen molar-refractivity contribution in [2.24, 2.45) is 5.14 Å². The molecule has 136 valence electrons. The zero-order chi connectivity index (χ0) is 19.2. The molecule has 0 fully saturated rings. The zero-order valence-electron chi connectivity index (χ0n) is 14.8. The maximum absolute atomic E-state index is 12.9. The molecule has 0 amide bonds. The molecule has 0 aliphatic rings. The van der Waals surface area contributed by atoms with Crippen LogP contribution < -0.4 is 9.86 Å². The van der Waals surface area contributed by atoms with Crippen molar-refractivity contribution in [1.29, 1.82) is 0 Å². The average Bonchev–Trinajstić information content (AvgIpc) is 2.50. The third-order valence-electron chi connectivity index (χ3n) is 4.63.